The molecule has 0 saturated heterocycles. The molecule has 1 amide bonds. The van der Waals surface area contributed by atoms with Gasteiger partial charge in [0.2, 0.25) is 0 Å². The lowest BCUT2D eigenvalue weighted by Gasteiger charge is -2.07. The van der Waals surface area contributed by atoms with E-state index in [0.717, 1.165) is 0 Å². The van der Waals surface area contributed by atoms with Crippen LogP contribution in [0.25, 0.3) is 5.69 Å². The second-order valence-corrected chi connectivity index (χ2v) is 5.75. The topological polar surface area (TPSA) is 59.8 Å². The van der Waals surface area contributed by atoms with Gasteiger partial charge in [0, 0.05) is 10.7 Å². The fourth-order valence-corrected chi connectivity index (χ4v) is 2.44. The molecule has 0 fully saturated rings. The Morgan fingerprint density at radius 2 is 1.96 bits per heavy atom. The van der Waals surface area contributed by atoms with Crippen molar-refractivity contribution in [1.29, 1.82) is 0 Å². The maximum Gasteiger partial charge on any atom is 0.278 e. The predicted molar refractivity (Wildman–Crippen MR) is 90.2 cm³/mol. The van der Waals surface area contributed by atoms with Crippen LogP contribution in [-0.4, -0.2) is 20.9 Å². The van der Waals surface area contributed by atoms with Gasteiger partial charge in [-0.3, -0.25) is 4.79 Å². The van der Waals surface area contributed by atoms with Crippen molar-refractivity contribution >= 4 is 23.2 Å². The summed E-state index contributed by atoms with van der Waals surface area (Å²) in [5.41, 5.74) is 2.48. The van der Waals surface area contributed by atoms with Gasteiger partial charge in [-0.25, -0.2) is 4.39 Å². The highest BCUT2D eigenvalue weighted by molar-refractivity contribution is 6.30. The van der Waals surface area contributed by atoms with Crippen LogP contribution >= 0.6 is 11.6 Å². The Kier molecular flexibility index (Phi) is 4.31. The zero-order chi connectivity index (χ0) is 17.3. The van der Waals surface area contributed by atoms with E-state index < -0.39 is 5.91 Å². The van der Waals surface area contributed by atoms with Crippen LogP contribution in [0.2, 0.25) is 5.02 Å². The molecule has 0 aliphatic rings. The number of hydrogen-bond donors (Lipinski definition) is 1. The highest BCUT2D eigenvalue weighted by atomic mass is 35.5. The molecule has 1 N–H and O–H groups in total. The number of aryl methyl sites for hydroxylation is 2. The van der Waals surface area contributed by atoms with Gasteiger partial charge in [0.05, 0.1) is 11.4 Å². The molecule has 0 aliphatic carbocycles. The zero-order valence-electron chi connectivity index (χ0n) is 13.0. The fourth-order valence-electron chi connectivity index (χ4n) is 2.25. The van der Waals surface area contributed by atoms with Crippen LogP contribution in [0.5, 0.6) is 0 Å². The van der Waals surface area contributed by atoms with E-state index in [4.69, 9.17) is 11.6 Å². The maximum absolute atomic E-state index is 13.1. The predicted octanol–water partition coefficient (Wildman–Crippen LogP) is 3.93. The average Bonchev–Trinajstić information content (AvgIpc) is 2.92. The third-order valence-corrected chi connectivity index (χ3v) is 3.71. The van der Waals surface area contributed by atoms with Gasteiger partial charge < -0.3 is 5.32 Å². The van der Waals surface area contributed by atoms with Crippen molar-refractivity contribution in [3.63, 3.8) is 0 Å². The molecule has 0 atom stereocenters. The number of hydrogen-bond acceptors (Lipinski definition) is 3. The van der Waals surface area contributed by atoms with E-state index in [0.29, 0.717) is 27.7 Å². The number of benzene rings is 2. The second-order valence-electron chi connectivity index (χ2n) is 5.32. The molecule has 5 nitrogen and oxygen atoms in total. The van der Waals surface area contributed by atoms with E-state index >= 15 is 0 Å². The minimum atomic E-state index is -0.407. The molecule has 0 radical (unpaired) electrons. The van der Waals surface area contributed by atoms with E-state index in [1.807, 2.05) is 0 Å². The van der Waals surface area contributed by atoms with Gasteiger partial charge in [-0.1, -0.05) is 17.7 Å². The molecule has 3 rings (SSSR count). The Balaban J connectivity index is 1.88. The first-order valence-corrected chi connectivity index (χ1v) is 7.59. The minimum Gasteiger partial charge on any atom is -0.320 e. The molecule has 0 saturated carbocycles. The van der Waals surface area contributed by atoms with Gasteiger partial charge in [-0.05, 0) is 55.8 Å². The molecule has 2 aromatic carbocycles. The Labute approximate surface area is 143 Å². The van der Waals surface area contributed by atoms with Crippen molar-refractivity contribution < 1.29 is 9.18 Å². The number of carbonyl (C=O) groups excluding carboxylic acids is 1. The maximum atomic E-state index is 13.1. The fraction of sp³-hybridized carbons (Fsp3) is 0.118. The summed E-state index contributed by atoms with van der Waals surface area (Å²) in [6.07, 6.45) is 0. The number of anilines is 1. The molecule has 7 heteroatoms. The average molecular weight is 345 g/mol. The standard InChI is InChI=1S/C17H14ClFN4O/c1-10-8-13(19)6-7-15(10)20-17(24)16-11(2)21-23(22-16)14-5-3-4-12(18)9-14/h3-9H,1-2H3,(H,20,24). The van der Waals surface area contributed by atoms with E-state index in [1.54, 1.807) is 38.1 Å². The summed E-state index contributed by atoms with van der Waals surface area (Å²) in [4.78, 5) is 13.8. The molecule has 1 aromatic heterocycles. The van der Waals surface area contributed by atoms with E-state index in [-0.39, 0.29) is 11.5 Å². The molecule has 0 aliphatic heterocycles. The van der Waals surface area contributed by atoms with Crippen molar-refractivity contribution in [2.75, 3.05) is 5.32 Å². The largest absolute Gasteiger partial charge is 0.320 e. The van der Waals surface area contributed by atoms with E-state index in [1.165, 1.54) is 23.0 Å². The Morgan fingerprint density at radius 1 is 1.17 bits per heavy atom. The number of halogens is 2. The summed E-state index contributed by atoms with van der Waals surface area (Å²) in [6.45, 7) is 3.41. The third kappa shape index (κ3) is 3.28. The van der Waals surface area contributed by atoms with Crippen LogP contribution in [0, 0.1) is 19.7 Å². The van der Waals surface area contributed by atoms with Gasteiger partial charge in [-0.2, -0.15) is 9.90 Å². The third-order valence-electron chi connectivity index (χ3n) is 3.47. The SMILES string of the molecule is Cc1cc(F)ccc1NC(=O)c1nn(-c2cccc(Cl)c2)nc1C. The summed E-state index contributed by atoms with van der Waals surface area (Å²) in [6, 6.07) is 11.2. The van der Waals surface area contributed by atoms with Crippen molar-refractivity contribution in [1.82, 2.24) is 15.0 Å². The number of nitrogens with one attached hydrogen (secondary N) is 1. The van der Waals surface area contributed by atoms with Crippen LogP contribution in [0.1, 0.15) is 21.7 Å². The quantitative estimate of drug-likeness (QED) is 0.783. The number of aromatic nitrogens is 3. The molecule has 0 unspecified atom stereocenters. The molecular formula is C17H14ClFN4O. The lowest BCUT2D eigenvalue weighted by molar-refractivity contribution is 0.102. The molecule has 1 heterocycles. The second kappa shape index (κ2) is 6.41. The monoisotopic (exact) mass is 344 g/mol. The number of carbonyl (C=O) groups is 1. The lowest BCUT2D eigenvalue weighted by atomic mass is 10.2. The Hall–Kier alpha value is -2.73. The smallest absolute Gasteiger partial charge is 0.278 e. The normalized spacial score (nSPS) is 10.7. The summed E-state index contributed by atoms with van der Waals surface area (Å²) in [7, 11) is 0. The Morgan fingerprint density at radius 3 is 2.67 bits per heavy atom. The molecule has 122 valence electrons. The van der Waals surface area contributed by atoms with Gasteiger partial charge in [0.25, 0.3) is 5.91 Å². The summed E-state index contributed by atoms with van der Waals surface area (Å²) < 4.78 is 13.1. The van der Waals surface area contributed by atoms with Gasteiger partial charge in [0.1, 0.15) is 5.82 Å². The first kappa shape index (κ1) is 16.1. The molecule has 0 bridgehead atoms. The molecular weight excluding hydrogens is 331 g/mol. The van der Waals surface area contributed by atoms with Crippen molar-refractivity contribution in [3.8, 4) is 5.69 Å². The van der Waals surface area contributed by atoms with Crippen LogP contribution in [0.15, 0.2) is 42.5 Å². The number of rotatable bonds is 3. The highest BCUT2D eigenvalue weighted by Crippen LogP contribution is 2.18. The summed E-state index contributed by atoms with van der Waals surface area (Å²) in [5, 5.41) is 11.7. The summed E-state index contributed by atoms with van der Waals surface area (Å²) >= 11 is 5.96. The molecule has 24 heavy (non-hydrogen) atoms. The lowest BCUT2D eigenvalue weighted by Crippen LogP contribution is -2.15. The minimum absolute atomic E-state index is 0.193. The van der Waals surface area contributed by atoms with Crippen molar-refractivity contribution in [3.05, 3.63) is 70.3 Å². The van der Waals surface area contributed by atoms with E-state index in [9.17, 15) is 9.18 Å². The van der Waals surface area contributed by atoms with Crippen LogP contribution in [0.3, 0.4) is 0 Å². The molecule has 3 aromatic rings. The zero-order valence-corrected chi connectivity index (χ0v) is 13.8. The highest BCUT2D eigenvalue weighted by Gasteiger charge is 2.17. The van der Waals surface area contributed by atoms with Crippen molar-refractivity contribution in [2.45, 2.75) is 13.8 Å². The van der Waals surface area contributed by atoms with Crippen LogP contribution < -0.4 is 5.32 Å². The first-order valence-electron chi connectivity index (χ1n) is 7.21. The van der Waals surface area contributed by atoms with Crippen LogP contribution in [0.4, 0.5) is 10.1 Å². The van der Waals surface area contributed by atoms with Gasteiger partial charge in [-0.15, -0.1) is 5.10 Å². The number of nitrogens with zero attached hydrogens (tertiary/aromatic N) is 3. The van der Waals surface area contributed by atoms with Gasteiger partial charge >= 0.3 is 0 Å². The van der Waals surface area contributed by atoms with Gasteiger partial charge in [0.15, 0.2) is 5.69 Å². The van der Waals surface area contributed by atoms with E-state index in [2.05, 4.69) is 15.5 Å². The Bertz CT molecular complexity index is 923. The van der Waals surface area contributed by atoms with Crippen molar-refractivity contribution in [2.24, 2.45) is 0 Å². The van der Waals surface area contributed by atoms with Crippen LogP contribution in [-0.2, 0) is 0 Å². The summed E-state index contributed by atoms with van der Waals surface area (Å²) in [5.74, 6) is -0.760. The first-order chi connectivity index (χ1) is 11.4. The molecule has 0 spiro atoms. The number of amides is 1.